The first-order valence-electron chi connectivity index (χ1n) is 13.2. The van der Waals surface area contributed by atoms with E-state index in [4.69, 9.17) is 5.26 Å². The maximum absolute atomic E-state index is 10.6. The van der Waals surface area contributed by atoms with E-state index in [9.17, 15) is 4.79 Å². The summed E-state index contributed by atoms with van der Waals surface area (Å²) >= 11 is 0. The number of aryl methyl sites for hydroxylation is 1. The molecule has 1 N–H and O–H groups in total. The minimum atomic E-state index is 0.661. The van der Waals surface area contributed by atoms with E-state index in [1.807, 2.05) is 12.1 Å². The number of hydrogen-bond acceptors (Lipinski definition) is 2. The summed E-state index contributed by atoms with van der Waals surface area (Å²) in [6.07, 6.45) is 33.8. The Labute approximate surface area is 197 Å². The predicted molar refractivity (Wildman–Crippen MR) is 137 cm³/mol. The molecule has 0 saturated heterocycles. The van der Waals surface area contributed by atoms with Crippen LogP contribution in [0.25, 0.3) is 0 Å². The molecule has 3 heteroatoms. The molecule has 0 aromatic carbocycles. The lowest BCUT2D eigenvalue weighted by atomic mass is 10.0. The van der Waals surface area contributed by atoms with E-state index in [0.717, 1.165) is 44.1 Å². The molecule has 0 aliphatic heterocycles. The second kappa shape index (κ2) is 22.1. The average molecular weight is 439 g/mol. The van der Waals surface area contributed by atoms with Crippen molar-refractivity contribution in [2.75, 3.05) is 0 Å². The van der Waals surface area contributed by atoms with Crippen LogP contribution in [0.5, 0.6) is 0 Å². The van der Waals surface area contributed by atoms with E-state index >= 15 is 0 Å². The van der Waals surface area contributed by atoms with Crippen molar-refractivity contribution in [3.8, 4) is 6.07 Å². The second-order valence-corrected chi connectivity index (χ2v) is 8.92. The molecule has 0 aliphatic rings. The normalized spacial score (nSPS) is 11.5. The third-order valence-electron chi connectivity index (χ3n) is 5.99. The van der Waals surface area contributed by atoms with E-state index in [-0.39, 0.29) is 0 Å². The van der Waals surface area contributed by atoms with Gasteiger partial charge in [0.15, 0.2) is 6.29 Å². The van der Waals surface area contributed by atoms with Gasteiger partial charge >= 0.3 is 0 Å². The Kier molecular flexibility index (Phi) is 19.3. The van der Waals surface area contributed by atoms with Crippen LogP contribution in [0.3, 0.4) is 0 Å². The number of allylic oxidation sites excluding steroid dienone is 4. The lowest BCUT2D eigenvalue weighted by Crippen LogP contribution is -1.84. The minimum absolute atomic E-state index is 0.661. The number of carbonyl (C=O) groups excluding carboxylic acids is 1. The molecule has 0 bridgehead atoms. The number of rotatable bonds is 22. The number of unbranched alkanes of at least 4 members (excludes halogenated alkanes) is 15. The van der Waals surface area contributed by atoms with Gasteiger partial charge in [-0.3, -0.25) is 4.79 Å². The van der Waals surface area contributed by atoms with E-state index in [1.165, 1.54) is 89.9 Å². The molecule has 0 unspecified atom stereocenters. The number of aromatic amines is 1. The van der Waals surface area contributed by atoms with E-state index in [0.29, 0.717) is 5.69 Å². The minimum Gasteiger partial charge on any atom is -0.356 e. The number of H-pyrrole nitrogens is 1. The lowest BCUT2D eigenvalue weighted by Gasteiger charge is -2.03. The summed E-state index contributed by atoms with van der Waals surface area (Å²) in [6.45, 7) is 0. The monoisotopic (exact) mass is 438 g/mol. The zero-order chi connectivity index (χ0) is 23.0. The van der Waals surface area contributed by atoms with Gasteiger partial charge in [-0.25, -0.2) is 0 Å². The van der Waals surface area contributed by atoms with Crippen LogP contribution in [0.15, 0.2) is 36.4 Å². The summed E-state index contributed by atoms with van der Waals surface area (Å²) in [5.74, 6) is 0. The summed E-state index contributed by atoms with van der Waals surface area (Å²) in [7, 11) is 0. The van der Waals surface area contributed by atoms with E-state index < -0.39 is 0 Å². The summed E-state index contributed by atoms with van der Waals surface area (Å²) in [6, 6.07) is 6.05. The molecule has 0 fully saturated rings. The number of nitrogens with one attached hydrogen (secondary N) is 1. The van der Waals surface area contributed by atoms with Crippen LogP contribution in [0.2, 0.25) is 0 Å². The first-order chi connectivity index (χ1) is 15.9. The standard InChI is InChI=1S/C29H46N2O/c30-26-22-20-18-16-14-12-10-8-6-4-2-1-3-5-7-9-11-13-15-17-19-21-23-28-24-25-29(27-32)31-28/h11,13,17,19,24-25,27,31H,1-10,12,14-16,18,20-23H2/b13-11-,19-17-. The second-order valence-electron chi connectivity index (χ2n) is 8.92. The number of hydrogen-bond donors (Lipinski definition) is 1. The Hall–Kier alpha value is -2.08. The van der Waals surface area contributed by atoms with Crippen molar-refractivity contribution >= 4 is 6.29 Å². The van der Waals surface area contributed by atoms with Crippen molar-refractivity contribution in [2.45, 2.75) is 122 Å². The maximum Gasteiger partial charge on any atom is 0.166 e. The maximum atomic E-state index is 10.6. The third-order valence-corrected chi connectivity index (χ3v) is 5.99. The van der Waals surface area contributed by atoms with Crippen molar-refractivity contribution in [1.29, 1.82) is 5.26 Å². The zero-order valence-electron chi connectivity index (χ0n) is 20.3. The molecule has 3 nitrogen and oxygen atoms in total. The van der Waals surface area contributed by atoms with Gasteiger partial charge in [0.1, 0.15) is 0 Å². The molecule has 0 radical (unpaired) electrons. The molecule has 0 amide bonds. The summed E-state index contributed by atoms with van der Waals surface area (Å²) in [5, 5.41) is 8.50. The van der Waals surface area contributed by atoms with Crippen LogP contribution in [0, 0.1) is 11.3 Å². The van der Waals surface area contributed by atoms with Crippen molar-refractivity contribution < 1.29 is 4.79 Å². The molecule has 1 aromatic heterocycles. The molecule has 1 heterocycles. The first-order valence-corrected chi connectivity index (χ1v) is 13.2. The molecule has 1 rings (SSSR count). The van der Waals surface area contributed by atoms with Gasteiger partial charge in [0.2, 0.25) is 0 Å². The van der Waals surface area contributed by atoms with Crippen molar-refractivity contribution in [1.82, 2.24) is 4.98 Å². The summed E-state index contributed by atoms with van der Waals surface area (Å²) < 4.78 is 0. The van der Waals surface area contributed by atoms with Gasteiger partial charge in [0.25, 0.3) is 0 Å². The fourth-order valence-electron chi connectivity index (χ4n) is 4.01. The molecule has 178 valence electrons. The van der Waals surface area contributed by atoms with E-state index in [1.54, 1.807) is 0 Å². The van der Waals surface area contributed by atoms with Gasteiger partial charge in [-0.05, 0) is 50.7 Å². The van der Waals surface area contributed by atoms with Gasteiger partial charge in [-0.15, -0.1) is 0 Å². The van der Waals surface area contributed by atoms with Crippen LogP contribution in [-0.2, 0) is 6.42 Å². The number of aromatic nitrogens is 1. The molecule has 32 heavy (non-hydrogen) atoms. The summed E-state index contributed by atoms with van der Waals surface area (Å²) in [4.78, 5) is 13.7. The number of carbonyl (C=O) groups is 1. The highest BCUT2D eigenvalue weighted by molar-refractivity contribution is 5.71. The van der Waals surface area contributed by atoms with Crippen LogP contribution in [0.1, 0.15) is 132 Å². The smallest absolute Gasteiger partial charge is 0.166 e. The van der Waals surface area contributed by atoms with Crippen molar-refractivity contribution in [3.05, 3.63) is 47.8 Å². The largest absolute Gasteiger partial charge is 0.356 e. The average Bonchev–Trinajstić information content (AvgIpc) is 3.27. The third kappa shape index (κ3) is 17.6. The lowest BCUT2D eigenvalue weighted by molar-refractivity contribution is 0.111. The van der Waals surface area contributed by atoms with Gasteiger partial charge in [-0.2, -0.15) is 5.26 Å². The van der Waals surface area contributed by atoms with E-state index in [2.05, 4.69) is 35.4 Å². The van der Waals surface area contributed by atoms with Crippen molar-refractivity contribution in [2.24, 2.45) is 0 Å². The van der Waals surface area contributed by atoms with Crippen LogP contribution >= 0.6 is 0 Å². The van der Waals surface area contributed by atoms with Gasteiger partial charge in [-0.1, -0.05) is 101 Å². The molecular formula is C29H46N2O. The Morgan fingerprint density at radius 3 is 1.75 bits per heavy atom. The highest BCUT2D eigenvalue weighted by Gasteiger charge is 1.96. The number of nitriles is 1. The Morgan fingerprint density at radius 1 is 0.688 bits per heavy atom. The molecular weight excluding hydrogens is 392 g/mol. The van der Waals surface area contributed by atoms with Crippen molar-refractivity contribution in [3.63, 3.8) is 0 Å². The molecule has 0 aliphatic carbocycles. The Morgan fingerprint density at radius 2 is 1.22 bits per heavy atom. The van der Waals surface area contributed by atoms with Gasteiger partial charge in [0, 0.05) is 12.1 Å². The first kappa shape index (κ1) is 28.0. The number of nitrogens with zero attached hydrogens (tertiary/aromatic N) is 1. The fourth-order valence-corrected chi connectivity index (χ4v) is 4.01. The highest BCUT2D eigenvalue weighted by atomic mass is 16.1. The molecule has 0 spiro atoms. The highest BCUT2D eigenvalue weighted by Crippen LogP contribution is 2.14. The molecule has 0 atom stereocenters. The fraction of sp³-hybridized carbons (Fsp3) is 0.655. The van der Waals surface area contributed by atoms with Crippen LogP contribution in [-0.4, -0.2) is 11.3 Å². The predicted octanol–water partition coefficient (Wildman–Crippen LogP) is 9.03. The summed E-state index contributed by atoms with van der Waals surface area (Å²) in [5.41, 5.74) is 1.79. The Balaban J connectivity index is 1.76. The zero-order valence-corrected chi connectivity index (χ0v) is 20.3. The molecule has 0 saturated carbocycles. The Bertz CT molecular complexity index is 650. The quantitative estimate of drug-likeness (QED) is 0.111. The topological polar surface area (TPSA) is 56.6 Å². The number of aldehydes is 1. The van der Waals surface area contributed by atoms with Gasteiger partial charge < -0.3 is 4.98 Å². The van der Waals surface area contributed by atoms with Crippen LogP contribution in [0.4, 0.5) is 0 Å². The van der Waals surface area contributed by atoms with Gasteiger partial charge in [0.05, 0.1) is 11.8 Å². The SMILES string of the molecule is N#CCCCCCCCCCCCCCCCC/C=C\C/C=C\CCc1ccc(C=O)[nH]1. The molecule has 1 aromatic rings. The van der Waals surface area contributed by atoms with Crippen LogP contribution < -0.4 is 0 Å².